The van der Waals surface area contributed by atoms with E-state index >= 15 is 0 Å². The maximum atomic E-state index is 12.6. The van der Waals surface area contributed by atoms with Gasteiger partial charge in [0.25, 0.3) is 0 Å². The van der Waals surface area contributed by atoms with Gasteiger partial charge in [0.15, 0.2) is 11.5 Å². The Kier molecular flexibility index (Phi) is 6.81. The predicted octanol–water partition coefficient (Wildman–Crippen LogP) is 2.58. The first-order valence-corrected chi connectivity index (χ1v) is 9.46. The molecule has 1 aliphatic heterocycles. The molecule has 0 unspecified atom stereocenters. The van der Waals surface area contributed by atoms with E-state index in [1.54, 1.807) is 27.6 Å². The van der Waals surface area contributed by atoms with Gasteiger partial charge in [0.1, 0.15) is 5.76 Å². The molecule has 1 aliphatic rings. The summed E-state index contributed by atoms with van der Waals surface area (Å²) in [6.07, 6.45) is 2.78. The van der Waals surface area contributed by atoms with Crippen molar-refractivity contribution in [2.24, 2.45) is 0 Å². The lowest BCUT2D eigenvalue weighted by atomic mass is 10.1. The van der Waals surface area contributed by atoms with Gasteiger partial charge < -0.3 is 23.5 Å². The quantitative estimate of drug-likeness (QED) is 0.693. The molecular formula is C21H28N2O5. The van der Waals surface area contributed by atoms with Gasteiger partial charge in [-0.05, 0) is 36.2 Å². The van der Waals surface area contributed by atoms with E-state index < -0.39 is 0 Å². The van der Waals surface area contributed by atoms with E-state index in [1.165, 1.54) is 0 Å². The molecule has 0 saturated carbocycles. The highest BCUT2D eigenvalue weighted by Gasteiger charge is 2.22. The fourth-order valence-electron chi connectivity index (χ4n) is 3.47. The van der Waals surface area contributed by atoms with E-state index in [2.05, 4.69) is 4.90 Å². The van der Waals surface area contributed by atoms with Crippen molar-refractivity contribution in [1.29, 1.82) is 0 Å². The normalized spacial score (nSPS) is 14.8. The van der Waals surface area contributed by atoms with Crippen LogP contribution >= 0.6 is 0 Å². The Morgan fingerprint density at radius 2 is 1.71 bits per heavy atom. The second kappa shape index (κ2) is 9.50. The molecule has 28 heavy (non-hydrogen) atoms. The molecule has 0 aliphatic carbocycles. The number of rotatable bonds is 8. The molecule has 0 radical (unpaired) electrons. The van der Waals surface area contributed by atoms with E-state index in [0.717, 1.165) is 44.0 Å². The summed E-state index contributed by atoms with van der Waals surface area (Å²) in [7, 11) is 4.76. The minimum Gasteiger partial charge on any atom is -0.493 e. The molecule has 0 spiro atoms. The van der Waals surface area contributed by atoms with Crippen LogP contribution in [0.4, 0.5) is 0 Å². The van der Waals surface area contributed by atoms with Gasteiger partial charge >= 0.3 is 0 Å². The Morgan fingerprint density at radius 1 is 1.04 bits per heavy atom. The van der Waals surface area contributed by atoms with Crippen LogP contribution in [0.2, 0.25) is 0 Å². The van der Waals surface area contributed by atoms with Crippen LogP contribution in [-0.2, 0) is 17.8 Å². The van der Waals surface area contributed by atoms with Crippen LogP contribution in [0.3, 0.4) is 0 Å². The molecule has 2 aromatic rings. The molecular weight excluding hydrogens is 360 g/mol. The Hall–Kier alpha value is -2.67. The number of hydrogen-bond acceptors (Lipinski definition) is 6. The van der Waals surface area contributed by atoms with E-state index in [4.69, 9.17) is 18.6 Å². The van der Waals surface area contributed by atoms with Crippen LogP contribution < -0.4 is 14.2 Å². The number of hydrogen-bond donors (Lipinski definition) is 0. The summed E-state index contributed by atoms with van der Waals surface area (Å²) in [5, 5.41) is 0. The standard InChI is InChI=1S/C21H28N2O5/c1-25-18-13-16(14-19(26-2)21(18)27-3)6-7-20(24)23-10-8-22(9-11-23)15-17-5-4-12-28-17/h4-5,12-14H,6-11,15H2,1-3H3. The summed E-state index contributed by atoms with van der Waals surface area (Å²) in [6.45, 7) is 4.00. The molecule has 0 bridgehead atoms. The first-order valence-electron chi connectivity index (χ1n) is 9.46. The number of methoxy groups -OCH3 is 3. The number of carbonyl (C=O) groups excluding carboxylic acids is 1. The van der Waals surface area contributed by atoms with Crippen molar-refractivity contribution in [1.82, 2.24) is 9.80 Å². The summed E-state index contributed by atoms with van der Waals surface area (Å²) in [5.74, 6) is 2.91. The van der Waals surface area contributed by atoms with E-state index in [-0.39, 0.29) is 5.91 Å². The maximum absolute atomic E-state index is 12.6. The molecule has 7 nitrogen and oxygen atoms in total. The fraction of sp³-hybridized carbons (Fsp3) is 0.476. The van der Waals surface area contributed by atoms with Gasteiger partial charge in [0, 0.05) is 32.6 Å². The summed E-state index contributed by atoms with van der Waals surface area (Å²) in [5.41, 5.74) is 0.985. The van der Waals surface area contributed by atoms with Gasteiger partial charge in [0.2, 0.25) is 11.7 Å². The van der Waals surface area contributed by atoms with Crippen LogP contribution in [0.5, 0.6) is 17.2 Å². The van der Waals surface area contributed by atoms with Gasteiger partial charge in [-0.2, -0.15) is 0 Å². The molecule has 1 fully saturated rings. The van der Waals surface area contributed by atoms with Crippen LogP contribution in [0.25, 0.3) is 0 Å². The van der Waals surface area contributed by atoms with Crippen molar-refractivity contribution in [3.63, 3.8) is 0 Å². The number of carbonyl (C=O) groups is 1. The van der Waals surface area contributed by atoms with Crippen LogP contribution in [0.1, 0.15) is 17.7 Å². The Bertz CT molecular complexity index is 742. The third-order valence-electron chi connectivity index (χ3n) is 5.04. The molecule has 0 atom stereocenters. The van der Waals surface area contributed by atoms with Crippen LogP contribution in [0.15, 0.2) is 34.9 Å². The van der Waals surface area contributed by atoms with Gasteiger partial charge in [-0.25, -0.2) is 0 Å². The maximum Gasteiger partial charge on any atom is 0.222 e. The lowest BCUT2D eigenvalue weighted by Gasteiger charge is -2.34. The summed E-state index contributed by atoms with van der Waals surface area (Å²) in [6, 6.07) is 7.68. The van der Waals surface area contributed by atoms with Gasteiger partial charge in [-0.3, -0.25) is 9.69 Å². The fourth-order valence-corrected chi connectivity index (χ4v) is 3.47. The highest BCUT2D eigenvalue weighted by atomic mass is 16.5. The molecule has 7 heteroatoms. The average Bonchev–Trinajstić information content (AvgIpc) is 3.24. The monoisotopic (exact) mass is 388 g/mol. The highest BCUT2D eigenvalue weighted by molar-refractivity contribution is 5.76. The third kappa shape index (κ3) is 4.78. The summed E-state index contributed by atoms with van der Waals surface area (Å²) < 4.78 is 21.5. The molecule has 1 saturated heterocycles. The number of ether oxygens (including phenoxy) is 3. The highest BCUT2D eigenvalue weighted by Crippen LogP contribution is 2.38. The van der Waals surface area contributed by atoms with E-state index in [0.29, 0.717) is 30.1 Å². The van der Waals surface area contributed by atoms with Crippen molar-refractivity contribution in [2.75, 3.05) is 47.5 Å². The molecule has 3 rings (SSSR count). The first-order chi connectivity index (χ1) is 13.6. The smallest absolute Gasteiger partial charge is 0.222 e. The minimum absolute atomic E-state index is 0.173. The zero-order valence-electron chi connectivity index (χ0n) is 16.8. The Morgan fingerprint density at radius 3 is 2.25 bits per heavy atom. The first kappa shape index (κ1) is 20.1. The molecule has 152 valence electrons. The van der Waals surface area contributed by atoms with Crippen LogP contribution in [0, 0.1) is 0 Å². The lowest BCUT2D eigenvalue weighted by molar-refractivity contribution is -0.133. The van der Waals surface area contributed by atoms with E-state index in [9.17, 15) is 4.79 Å². The summed E-state index contributed by atoms with van der Waals surface area (Å²) >= 11 is 0. The zero-order chi connectivity index (χ0) is 19.9. The molecule has 0 N–H and O–H groups in total. The van der Waals surface area contributed by atoms with Crippen molar-refractivity contribution < 1.29 is 23.4 Å². The van der Waals surface area contributed by atoms with Crippen molar-refractivity contribution in [3.8, 4) is 17.2 Å². The van der Waals surface area contributed by atoms with Crippen molar-refractivity contribution in [3.05, 3.63) is 41.9 Å². The zero-order valence-corrected chi connectivity index (χ0v) is 16.8. The predicted molar refractivity (Wildman–Crippen MR) is 105 cm³/mol. The number of amides is 1. The molecule has 1 aromatic heterocycles. The van der Waals surface area contributed by atoms with Crippen molar-refractivity contribution in [2.45, 2.75) is 19.4 Å². The lowest BCUT2D eigenvalue weighted by Crippen LogP contribution is -2.48. The number of furan rings is 1. The molecule has 1 amide bonds. The second-order valence-corrected chi connectivity index (χ2v) is 6.77. The number of nitrogens with zero attached hydrogens (tertiary/aromatic N) is 2. The minimum atomic E-state index is 0.173. The van der Waals surface area contributed by atoms with Gasteiger partial charge in [0.05, 0.1) is 34.1 Å². The van der Waals surface area contributed by atoms with Gasteiger partial charge in [-0.1, -0.05) is 0 Å². The Balaban J connectivity index is 1.52. The largest absolute Gasteiger partial charge is 0.493 e. The van der Waals surface area contributed by atoms with Crippen LogP contribution in [-0.4, -0.2) is 63.2 Å². The van der Waals surface area contributed by atoms with E-state index in [1.807, 2.05) is 29.2 Å². The topological polar surface area (TPSA) is 64.4 Å². The average molecular weight is 388 g/mol. The molecule has 1 aromatic carbocycles. The Labute approximate surface area is 165 Å². The van der Waals surface area contributed by atoms with Gasteiger partial charge in [-0.15, -0.1) is 0 Å². The van der Waals surface area contributed by atoms with Crippen molar-refractivity contribution >= 4 is 5.91 Å². The SMILES string of the molecule is COc1cc(CCC(=O)N2CCN(Cc3ccco3)CC2)cc(OC)c1OC. The number of benzene rings is 1. The molecule has 2 heterocycles. The second-order valence-electron chi connectivity index (χ2n) is 6.77. The summed E-state index contributed by atoms with van der Waals surface area (Å²) in [4.78, 5) is 16.9. The number of piperazine rings is 1. The number of aryl methyl sites for hydroxylation is 1. The third-order valence-corrected chi connectivity index (χ3v) is 5.04.